The summed E-state index contributed by atoms with van der Waals surface area (Å²) in [5, 5.41) is 7.18. The van der Waals surface area contributed by atoms with Crippen molar-refractivity contribution in [2.45, 2.75) is 51.5 Å². The molecule has 0 bridgehead atoms. The van der Waals surface area contributed by atoms with Crippen LogP contribution in [0.2, 0.25) is 0 Å². The summed E-state index contributed by atoms with van der Waals surface area (Å²) < 4.78 is 5.25. The largest absolute Gasteiger partial charge is 0.337 e. The van der Waals surface area contributed by atoms with Gasteiger partial charge in [0.2, 0.25) is 5.89 Å². The minimum Gasteiger partial charge on any atom is -0.337 e. The van der Waals surface area contributed by atoms with Crippen molar-refractivity contribution in [1.29, 1.82) is 0 Å². The van der Waals surface area contributed by atoms with Crippen molar-refractivity contribution in [1.82, 2.24) is 20.4 Å². The van der Waals surface area contributed by atoms with Crippen LogP contribution in [0.1, 0.15) is 68.0 Å². The van der Waals surface area contributed by atoms with Crippen molar-refractivity contribution >= 4 is 5.91 Å². The average molecular weight is 292 g/mol. The molecule has 1 unspecified atom stereocenters. The van der Waals surface area contributed by atoms with Gasteiger partial charge in [-0.1, -0.05) is 24.9 Å². The van der Waals surface area contributed by atoms with E-state index < -0.39 is 0 Å². The third kappa shape index (κ3) is 3.26. The van der Waals surface area contributed by atoms with Gasteiger partial charge in [-0.15, -0.1) is 0 Å². The molecule has 2 fully saturated rings. The third-order valence-corrected chi connectivity index (χ3v) is 4.59. The summed E-state index contributed by atoms with van der Waals surface area (Å²) in [6.07, 6.45) is 6.78. The zero-order valence-corrected chi connectivity index (χ0v) is 12.7. The minimum atomic E-state index is -0.0852. The first-order valence-electron chi connectivity index (χ1n) is 8.14. The van der Waals surface area contributed by atoms with Crippen molar-refractivity contribution in [2.75, 3.05) is 19.6 Å². The van der Waals surface area contributed by atoms with E-state index in [-0.39, 0.29) is 17.8 Å². The zero-order valence-electron chi connectivity index (χ0n) is 12.7. The average Bonchev–Trinajstić information content (AvgIpc) is 3.19. The second-order valence-corrected chi connectivity index (χ2v) is 6.13. The Kier molecular flexibility index (Phi) is 4.53. The van der Waals surface area contributed by atoms with Crippen LogP contribution in [-0.4, -0.2) is 40.6 Å². The molecule has 3 heterocycles. The molecule has 1 amide bonds. The fourth-order valence-corrected chi connectivity index (χ4v) is 3.33. The van der Waals surface area contributed by atoms with Crippen LogP contribution in [0.4, 0.5) is 0 Å². The van der Waals surface area contributed by atoms with E-state index in [9.17, 15) is 4.79 Å². The second kappa shape index (κ2) is 6.56. The van der Waals surface area contributed by atoms with Gasteiger partial charge in [0, 0.05) is 13.1 Å². The van der Waals surface area contributed by atoms with Gasteiger partial charge in [-0.3, -0.25) is 4.79 Å². The number of carbonyl (C=O) groups is 1. The number of aromatic nitrogens is 2. The maximum absolute atomic E-state index is 12.4. The molecule has 1 N–H and O–H groups in total. The normalized spacial score (nSPS) is 23.7. The highest BCUT2D eigenvalue weighted by Crippen LogP contribution is 2.24. The first kappa shape index (κ1) is 14.5. The Bertz CT molecular complexity index is 474. The highest BCUT2D eigenvalue weighted by atomic mass is 16.5. The van der Waals surface area contributed by atoms with Gasteiger partial charge in [0.1, 0.15) is 0 Å². The lowest BCUT2D eigenvalue weighted by atomic mass is 9.92. The molecule has 2 aliphatic rings. The van der Waals surface area contributed by atoms with Crippen LogP contribution >= 0.6 is 0 Å². The quantitative estimate of drug-likeness (QED) is 0.920. The predicted octanol–water partition coefficient (Wildman–Crippen LogP) is 2.15. The molecule has 0 saturated carbocycles. The van der Waals surface area contributed by atoms with Crippen LogP contribution in [0.3, 0.4) is 0 Å². The summed E-state index contributed by atoms with van der Waals surface area (Å²) in [4.78, 5) is 18.6. The molecule has 3 rings (SSSR count). The van der Waals surface area contributed by atoms with E-state index in [1.54, 1.807) is 0 Å². The molecule has 1 atom stereocenters. The molecule has 21 heavy (non-hydrogen) atoms. The molecule has 0 aromatic carbocycles. The summed E-state index contributed by atoms with van der Waals surface area (Å²) in [6.45, 7) is 4.82. The van der Waals surface area contributed by atoms with Crippen LogP contribution in [0.15, 0.2) is 4.52 Å². The highest BCUT2D eigenvalue weighted by molar-refractivity contribution is 5.90. The highest BCUT2D eigenvalue weighted by Gasteiger charge is 2.28. The molecule has 2 saturated heterocycles. The summed E-state index contributed by atoms with van der Waals surface area (Å²) >= 11 is 0. The van der Waals surface area contributed by atoms with E-state index in [0.717, 1.165) is 51.2 Å². The molecule has 6 nitrogen and oxygen atoms in total. The summed E-state index contributed by atoms with van der Waals surface area (Å²) in [7, 11) is 0. The van der Waals surface area contributed by atoms with Crippen LogP contribution < -0.4 is 5.32 Å². The Morgan fingerprint density at radius 3 is 2.86 bits per heavy atom. The van der Waals surface area contributed by atoms with Crippen molar-refractivity contribution in [3.63, 3.8) is 0 Å². The molecule has 2 aliphatic heterocycles. The van der Waals surface area contributed by atoms with Crippen molar-refractivity contribution in [3.05, 3.63) is 11.7 Å². The Hall–Kier alpha value is -1.43. The SMILES string of the molecule is CCCC1CCN(C(=O)c2noc(C3CCCN3)n2)CC1. The van der Waals surface area contributed by atoms with Crippen LogP contribution in [-0.2, 0) is 0 Å². The van der Waals surface area contributed by atoms with Gasteiger partial charge in [-0.25, -0.2) is 0 Å². The fraction of sp³-hybridized carbons (Fsp3) is 0.800. The van der Waals surface area contributed by atoms with Gasteiger partial charge in [0.05, 0.1) is 6.04 Å². The molecule has 1 aromatic heterocycles. The number of likely N-dealkylation sites (tertiary alicyclic amines) is 1. The van der Waals surface area contributed by atoms with E-state index in [1.807, 2.05) is 4.90 Å². The Morgan fingerprint density at radius 2 is 2.19 bits per heavy atom. The molecule has 6 heteroatoms. The van der Waals surface area contributed by atoms with E-state index in [2.05, 4.69) is 22.4 Å². The Balaban J connectivity index is 1.58. The number of rotatable bonds is 4. The molecule has 1 aromatic rings. The number of carbonyl (C=O) groups excluding carboxylic acids is 1. The topological polar surface area (TPSA) is 71.3 Å². The van der Waals surface area contributed by atoms with Gasteiger partial charge >= 0.3 is 0 Å². The summed E-state index contributed by atoms with van der Waals surface area (Å²) in [5.41, 5.74) is 0. The monoisotopic (exact) mass is 292 g/mol. The summed E-state index contributed by atoms with van der Waals surface area (Å²) in [5.74, 6) is 1.45. The lowest BCUT2D eigenvalue weighted by Crippen LogP contribution is -2.39. The molecule has 0 spiro atoms. The first-order valence-corrected chi connectivity index (χ1v) is 8.14. The number of piperidine rings is 1. The van der Waals surface area contributed by atoms with E-state index in [1.165, 1.54) is 12.8 Å². The Labute approximate surface area is 125 Å². The van der Waals surface area contributed by atoms with Gasteiger partial charge in [0.15, 0.2) is 0 Å². The smallest absolute Gasteiger partial charge is 0.295 e. The molecule has 0 aliphatic carbocycles. The fourth-order valence-electron chi connectivity index (χ4n) is 3.33. The van der Waals surface area contributed by atoms with E-state index >= 15 is 0 Å². The molecular formula is C15H24N4O2. The van der Waals surface area contributed by atoms with Crippen molar-refractivity contribution < 1.29 is 9.32 Å². The maximum atomic E-state index is 12.4. The number of nitrogens with one attached hydrogen (secondary N) is 1. The molecule has 0 radical (unpaired) electrons. The van der Waals surface area contributed by atoms with Crippen LogP contribution in [0, 0.1) is 5.92 Å². The van der Waals surface area contributed by atoms with Crippen LogP contribution in [0.5, 0.6) is 0 Å². The molecule has 116 valence electrons. The van der Waals surface area contributed by atoms with Gasteiger partial charge < -0.3 is 14.7 Å². The first-order chi connectivity index (χ1) is 10.3. The number of nitrogens with zero attached hydrogens (tertiary/aromatic N) is 3. The van der Waals surface area contributed by atoms with E-state index in [0.29, 0.717) is 5.89 Å². The van der Waals surface area contributed by atoms with Crippen molar-refractivity contribution in [3.8, 4) is 0 Å². The van der Waals surface area contributed by atoms with Gasteiger partial charge in [0.25, 0.3) is 11.7 Å². The lowest BCUT2D eigenvalue weighted by molar-refractivity contribution is 0.0671. The number of amides is 1. The maximum Gasteiger partial charge on any atom is 0.295 e. The minimum absolute atomic E-state index is 0.0852. The van der Waals surface area contributed by atoms with Gasteiger partial charge in [-0.2, -0.15) is 4.98 Å². The standard InChI is InChI=1S/C15H24N4O2/c1-2-4-11-6-9-19(10-7-11)15(20)13-17-14(21-18-13)12-5-3-8-16-12/h11-12,16H,2-10H2,1H3. The third-order valence-electron chi connectivity index (χ3n) is 4.59. The zero-order chi connectivity index (χ0) is 14.7. The number of hydrogen-bond acceptors (Lipinski definition) is 5. The Morgan fingerprint density at radius 1 is 1.38 bits per heavy atom. The summed E-state index contributed by atoms with van der Waals surface area (Å²) in [6, 6.07) is 0.120. The lowest BCUT2D eigenvalue weighted by Gasteiger charge is -2.31. The van der Waals surface area contributed by atoms with Gasteiger partial charge in [-0.05, 0) is 38.1 Å². The van der Waals surface area contributed by atoms with Crippen LogP contribution in [0.25, 0.3) is 0 Å². The number of hydrogen-bond donors (Lipinski definition) is 1. The predicted molar refractivity (Wildman–Crippen MR) is 77.8 cm³/mol. The van der Waals surface area contributed by atoms with E-state index in [4.69, 9.17) is 4.52 Å². The molecular weight excluding hydrogens is 268 g/mol. The second-order valence-electron chi connectivity index (χ2n) is 6.13. The van der Waals surface area contributed by atoms with Crippen molar-refractivity contribution in [2.24, 2.45) is 5.92 Å².